The molecule has 0 fully saturated rings. The first-order chi connectivity index (χ1) is 5.74. The molecule has 3 nitrogen and oxygen atoms in total. The highest BCUT2D eigenvalue weighted by atomic mass is 16.5. The van der Waals surface area contributed by atoms with Crippen LogP contribution >= 0.6 is 0 Å². The van der Waals surface area contributed by atoms with Crippen LogP contribution in [0.2, 0.25) is 0 Å². The van der Waals surface area contributed by atoms with E-state index < -0.39 is 6.10 Å². The van der Waals surface area contributed by atoms with Crippen molar-refractivity contribution in [2.75, 3.05) is 0 Å². The van der Waals surface area contributed by atoms with E-state index in [9.17, 15) is 9.59 Å². The molecule has 1 aliphatic rings. The van der Waals surface area contributed by atoms with Gasteiger partial charge in [-0.15, -0.1) is 0 Å². The highest BCUT2D eigenvalue weighted by Gasteiger charge is 2.17. The lowest BCUT2D eigenvalue weighted by molar-refractivity contribution is -0.150. The monoisotopic (exact) mass is 166 g/mol. The molecule has 1 rings (SSSR count). The predicted octanol–water partition coefficient (Wildman–Crippen LogP) is 1.00. The van der Waals surface area contributed by atoms with Crippen molar-refractivity contribution < 1.29 is 14.3 Å². The Bertz CT molecular complexity index is 250. The summed E-state index contributed by atoms with van der Waals surface area (Å²) in [6.07, 6.45) is 5.86. The van der Waals surface area contributed by atoms with Crippen LogP contribution in [-0.4, -0.2) is 17.9 Å². The molecule has 1 atom stereocenters. The molecule has 64 valence electrons. The second-order valence-corrected chi connectivity index (χ2v) is 2.41. The first-order valence-corrected chi connectivity index (χ1v) is 3.82. The van der Waals surface area contributed by atoms with Crippen LogP contribution in [0.25, 0.3) is 0 Å². The van der Waals surface area contributed by atoms with Gasteiger partial charge in [-0.25, -0.2) is 0 Å². The Hall–Kier alpha value is -1.38. The van der Waals surface area contributed by atoms with Crippen LogP contribution in [0.1, 0.15) is 13.3 Å². The van der Waals surface area contributed by atoms with Crippen LogP contribution in [-0.2, 0) is 14.3 Å². The molecule has 0 saturated carbocycles. The summed E-state index contributed by atoms with van der Waals surface area (Å²) in [7, 11) is 0. The fourth-order valence-corrected chi connectivity index (χ4v) is 0.827. The molecule has 0 aliphatic heterocycles. The van der Waals surface area contributed by atoms with Gasteiger partial charge in [0, 0.05) is 6.42 Å². The number of esters is 1. The number of carbonyl (C=O) groups excluding carboxylic acids is 2. The van der Waals surface area contributed by atoms with Gasteiger partial charge in [-0.3, -0.25) is 9.59 Å². The van der Waals surface area contributed by atoms with Gasteiger partial charge in [-0.1, -0.05) is 19.1 Å². The molecule has 12 heavy (non-hydrogen) atoms. The molecule has 0 radical (unpaired) electrons. The standard InChI is InChI=1S/C9H10O3/c1-2-9(11)12-8-6-4-3-5-7(8)10/h3-6,8H,2H2,1H3/t8-/m0/s1. The highest BCUT2D eigenvalue weighted by molar-refractivity contribution is 5.97. The van der Waals surface area contributed by atoms with E-state index in [1.165, 1.54) is 6.08 Å². The average molecular weight is 166 g/mol. The summed E-state index contributed by atoms with van der Waals surface area (Å²) in [6.45, 7) is 1.69. The average Bonchev–Trinajstić information content (AvgIpc) is 2.09. The summed E-state index contributed by atoms with van der Waals surface area (Å²) in [6, 6.07) is 0. The predicted molar refractivity (Wildman–Crippen MR) is 43.5 cm³/mol. The second-order valence-electron chi connectivity index (χ2n) is 2.41. The molecule has 0 saturated heterocycles. The van der Waals surface area contributed by atoms with E-state index in [4.69, 9.17) is 4.74 Å². The van der Waals surface area contributed by atoms with E-state index >= 15 is 0 Å². The zero-order chi connectivity index (χ0) is 8.97. The number of carbonyl (C=O) groups is 2. The SMILES string of the molecule is CCC(=O)O[C@H]1C=CC=CC1=O. The van der Waals surface area contributed by atoms with Crippen molar-refractivity contribution in [1.29, 1.82) is 0 Å². The van der Waals surface area contributed by atoms with Crippen molar-refractivity contribution in [1.82, 2.24) is 0 Å². The second kappa shape index (κ2) is 3.85. The van der Waals surface area contributed by atoms with Crippen molar-refractivity contribution in [2.24, 2.45) is 0 Å². The molecular formula is C9H10O3. The van der Waals surface area contributed by atoms with Gasteiger partial charge in [0.25, 0.3) is 0 Å². The quantitative estimate of drug-likeness (QED) is 0.575. The van der Waals surface area contributed by atoms with Gasteiger partial charge in [-0.2, -0.15) is 0 Å². The maximum absolute atomic E-state index is 11.0. The van der Waals surface area contributed by atoms with Gasteiger partial charge in [-0.05, 0) is 12.2 Å². The van der Waals surface area contributed by atoms with Crippen molar-refractivity contribution in [3.05, 3.63) is 24.3 Å². The number of allylic oxidation sites excluding steroid dienone is 2. The lowest BCUT2D eigenvalue weighted by atomic mass is 10.1. The molecule has 0 N–H and O–H groups in total. The van der Waals surface area contributed by atoms with E-state index in [1.54, 1.807) is 25.2 Å². The third kappa shape index (κ3) is 2.05. The Morgan fingerprint density at radius 2 is 2.33 bits per heavy atom. The van der Waals surface area contributed by atoms with Gasteiger partial charge in [0.05, 0.1) is 0 Å². The highest BCUT2D eigenvalue weighted by Crippen LogP contribution is 2.04. The van der Waals surface area contributed by atoms with Gasteiger partial charge < -0.3 is 4.74 Å². The van der Waals surface area contributed by atoms with E-state index in [1.807, 2.05) is 0 Å². The molecule has 0 heterocycles. The molecule has 0 bridgehead atoms. The van der Waals surface area contributed by atoms with Crippen LogP contribution in [0.3, 0.4) is 0 Å². The van der Waals surface area contributed by atoms with Crippen molar-refractivity contribution in [2.45, 2.75) is 19.4 Å². The largest absolute Gasteiger partial charge is 0.450 e. The topological polar surface area (TPSA) is 43.4 Å². The third-order valence-electron chi connectivity index (χ3n) is 1.49. The lowest BCUT2D eigenvalue weighted by Gasteiger charge is -2.11. The van der Waals surface area contributed by atoms with Crippen LogP contribution in [0.4, 0.5) is 0 Å². The minimum atomic E-state index is -0.706. The molecule has 0 spiro atoms. The first kappa shape index (κ1) is 8.71. The summed E-state index contributed by atoms with van der Waals surface area (Å²) in [5.74, 6) is -0.535. The maximum Gasteiger partial charge on any atom is 0.306 e. The Morgan fingerprint density at radius 3 is 2.92 bits per heavy atom. The van der Waals surface area contributed by atoms with E-state index in [0.29, 0.717) is 6.42 Å². The number of ether oxygens (including phenoxy) is 1. The molecule has 0 aromatic heterocycles. The van der Waals surface area contributed by atoms with Crippen LogP contribution < -0.4 is 0 Å². The summed E-state index contributed by atoms with van der Waals surface area (Å²) in [5.41, 5.74) is 0. The van der Waals surface area contributed by atoms with Gasteiger partial charge in [0.1, 0.15) is 0 Å². The third-order valence-corrected chi connectivity index (χ3v) is 1.49. The molecule has 1 aliphatic carbocycles. The molecule has 0 aromatic carbocycles. The first-order valence-electron chi connectivity index (χ1n) is 3.82. The minimum absolute atomic E-state index is 0.181. The van der Waals surface area contributed by atoms with Gasteiger partial charge >= 0.3 is 5.97 Å². The smallest absolute Gasteiger partial charge is 0.306 e. The molecule has 0 amide bonds. The summed E-state index contributed by atoms with van der Waals surface area (Å²) < 4.78 is 4.83. The molecule has 3 heteroatoms. The Morgan fingerprint density at radius 1 is 1.58 bits per heavy atom. The van der Waals surface area contributed by atoms with Crippen molar-refractivity contribution in [3.63, 3.8) is 0 Å². The van der Waals surface area contributed by atoms with E-state index in [0.717, 1.165) is 0 Å². The zero-order valence-corrected chi connectivity index (χ0v) is 6.82. The summed E-state index contributed by atoms with van der Waals surface area (Å²) in [5, 5.41) is 0. The fraction of sp³-hybridized carbons (Fsp3) is 0.333. The Labute approximate surface area is 70.7 Å². The fourth-order valence-electron chi connectivity index (χ4n) is 0.827. The normalized spacial score (nSPS) is 21.1. The van der Waals surface area contributed by atoms with Crippen molar-refractivity contribution in [3.8, 4) is 0 Å². The van der Waals surface area contributed by atoms with Gasteiger partial charge in [0.2, 0.25) is 0 Å². The van der Waals surface area contributed by atoms with E-state index in [2.05, 4.69) is 0 Å². The Kier molecular flexibility index (Phi) is 2.80. The van der Waals surface area contributed by atoms with E-state index in [-0.39, 0.29) is 11.8 Å². The van der Waals surface area contributed by atoms with Crippen molar-refractivity contribution >= 4 is 11.8 Å². The summed E-state index contributed by atoms with van der Waals surface area (Å²) in [4.78, 5) is 21.8. The number of hydrogen-bond donors (Lipinski definition) is 0. The number of ketones is 1. The minimum Gasteiger partial charge on any atom is -0.450 e. The molecule has 0 aromatic rings. The number of rotatable bonds is 2. The van der Waals surface area contributed by atoms with Crippen LogP contribution in [0.15, 0.2) is 24.3 Å². The lowest BCUT2D eigenvalue weighted by Crippen LogP contribution is -2.24. The van der Waals surface area contributed by atoms with Crippen LogP contribution in [0, 0.1) is 0 Å². The zero-order valence-electron chi connectivity index (χ0n) is 6.82. The molecular weight excluding hydrogens is 156 g/mol. The maximum atomic E-state index is 11.0. The molecule has 0 unspecified atom stereocenters. The van der Waals surface area contributed by atoms with Gasteiger partial charge in [0.15, 0.2) is 11.9 Å². The van der Waals surface area contributed by atoms with Crippen LogP contribution in [0.5, 0.6) is 0 Å². The Balaban J connectivity index is 2.53. The summed E-state index contributed by atoms with van der Waals surface area (Å²) >= 11 is 0. The number of hydrogen-bond acceptors (Lipinski definition) is 3.